The average molecular weight is 329 g/mol. The number of H-pyrrole nitrogens is 1. The third kappa shape index (κ3) is 1.77. The van der Waals surface area contributed by atoms with Gasteiger partial charge in [-0.05, 0) is 12.1 Å². The first-order valence-corrected chi connectivity index (χ1v) is 7.77. The van der Waals surface area contributed by atoms with Gasteiger partial charge in [0.25, 0.3) is 0 Å². The molecule has 0 unspecified atom stereocenters. The van der Waals surface area contributed by atoms with Crippen LogP contribution in [0, 0.1) is 0 Å². The molecule has 5 heteroatoms. The SMILES string of the molecule is O=c1c2ccccc2c(=O)c2c1c(O)cc1oc3ccccc3[nH]c12. The Morgan fingerprint density at radius 1 is 0.800 bits per heavy atom. The number of para-hydroxylation sites is 2. The molecule has 25 heavy (non-hydrogen) atoms. The van der Waals surface area contributed by atoms with E-state index < -0.39 is 0 Å². The van der Waals surface area contributed by atoms with Crippen LogP contribution in [0.5, 0.6) is 5.75 Å². The molecule has 0 spiro atoms. The van der Waals surface area contributed by atoms with Crippen molar-refractivity contribution >= 4 is 43.7 Å². The van der Waals surface area contributed by atoms with Gasteiger partial charge in [-0.2, -0.15) is 0 Å². The van der Waals surface area contributed by atoms with Gasteiger partial charge in [-0.25, -0.2) is 0 Å². The summed E-state index contributed by atoms with van der Waals surface area (Å²) in [5.74, 6) is -0.261. The second kappa shape index (κ2) is 4.70. The van der Waals surface area contributed by atoms with E-state index in [1.807, 2.05) is 18.2 Å². The minimum Gasteiger partial charge on any atom is -0.507 e. The van der Waals surface area contributed by atoms with Gasteiger partial charge in [-0.15, -0.1) is 0 Å². The molecule has 0 aliphatic rings. The van der Waals surface area contributed by atoms with Crippen LogP contribution >= 0.6 is 0 Å². The van der Waals surface area contributed by atoms with Gasteiger partial charge in [0, 0.05) is 16.8 Å². The third-order valence-corrected chi connectivity index (χ3v) is 4.51. The molecule has 1 heterocycles. The van der Waals surface area contributed by atoms with E-state index in [1.165, 1.54) is 6.07 Å². The van der Waals surface area contributed by atoms with Crippen LogP contribution in [0.4, 0.5) is 0 Å². The fourth-order valence-electron chi connectivity index (χ4n) is 3.37. The number of nitrogens with one attached hydrogen (secondary N) is 1. The molecule has 120 valence electrons. The van der Waals surface area contributed by atoms with Gasteiger partial charge in [0.1, 0.15) is 5.75 Å². The van der Waals surface area contributed by atoms with E-state index in [0.717, 1.165) is 0 Å². The molecule has 5 aromatic rings. The minimum absolute atomic E-state index is 0.0120. The molecule has 0 saturated heterocycles. The van der Waals surface area contributed by atoms with Crippen molar-refractivity contribution in [1.82, 2.24) is 4.98 Å². The summed E-state index contributed by atoms with van der Waals surface area (Å²) in [5, 5.41) is 11.2. The Balaban J connectivity index is 2.17. The number of rotatable bonds is 0. The predicted octanol–water partition coefficient (Wildman–Crippen LogP) is 3.65. The van der Waals surface area contributed by atoms with Crippen molar-refractivity contribution in [2.75, 3.05) is 0 Å². The van der Waals surface area contributed by atoms with Gasteiger partial charge >= 0.3 is 0 Å². The summed E-state index contributed by atoms with van der Waals surface area (Å²) in [5.41, 5.74) is 1.32. The van der Waals surface area contributed by atoms with Crippen molar-refractivity contribution in [3.8, 4) is 5.75 Å². The molecule has 0 radical (unpaired) electrons. The number of aromatic amines is 1. The number of hydrogen-bond donors (Lipinski definition) is 2. The summed E-state index contributed by atoms with van der Waals surface area (Å²) in [7, 11) is 0. The zero-order valence-corrected chi connectivity index (χ0v) is 12.9. The summed E-state index contributed by atoms with van der Waals surface area (Å²) in [4.78, 5) is 29.0. The maximum absolute atomic E-state index is 13.0. The van der Waals surface area contributed by atoms with E-state index in [4.69, 9.17) is 4.42 Å². The maximum atomic E-state index is 13.0. The van der Waals surface area contributed by atoms with E-state index in [1.54, 1.807) is 30.3 Å². The average Bonchev–Trinajstić information content (AvgIpc) is 2.64. The number of aromatic nitrogens is 1. The number of benzene rings is 4. The zero-order chi connectivity index (χ0) is 17.1. The summed E-state index contributed by atoms with van der Waals surface area (Å²) >= 11 is 0. The Hall–Kier alpha value is -3.60. The maximum Gasteiger partial charge on any atom is 0.198 e. The highest BCUT2D eigenvalue weighted by atomic mass is 16.3. The Morgan fingerprint density at radius 3 is 2.20 bits per heavy atom. The number of phenolic OH excluding ortho intramolecular Hbond substituents is 1. The van der Waals surface area contributed by atoms with Crippen molar-refractivity contribution in [3.63, 3.8) is 0 Å². The summed E-state index contributed by atoms with van der Waals surface area (Å²) < 4.78 is 5.81. The molecule has 5 nitrogen and oxygen atoms in total. The predicted molar refractivity (Wildman–Crippen MR) is 97.3 cm³/mol. The molecular weight excluding hydrogens is 318 g/mol. The van der Waals surface area contributed by atoms with Crippen LogP contribution in [0.2, 0.25) is 0 Å². The summed E-state index contributed by atoms with van der Waals surface area (Å²) in [6.45, 7) is 0. The molecule has 4 aromatic carbocycles. The number of hydrogen-bond acceptors (Lipinski definition) is 4. The van der Waals surface area contributed by atoms with Gasteiger partial charge in [-0.3, -0.25) is 9.59 Å². The van der Waals surface area contributed by atoms with Crippen LogP contribution in [0.15, 0.2) is 68.6 Å². The Bertz CT molecular complexity index is 1440. The van der Waals surface area contributed by atoms with E-state index in [-0.39, 0.29) is 27.4 Å². The molecule has 0 aliphatic carbocycles. The van der Waals surface area contributed by atoms with Crippen LogP contribution in [-0.2, 0) is 0 Å². The fraction of sp³-hybridized carbons (Fsp3) is 0. The lowest BCUT2D eigenvalue weighted by molar-refractivity contribution is 0.480. The highest BCUT2D eigenvalue weighted by Gasteiger charge is 2.18. The van der Waals surface area contributed by atoms with Crippen LogP contribution in [0.1, 0.15) is 0 Å². The standard InChI is InChI=1S/C20H11NO4/c22-13-9-15-18(21-12-7-3-4-8-14(12)25-15)17-16(13)19(23)10-5-1-2-6-11(10)20(17)24/h1-9,21-22H. The highest BCUT2D eigenvalue weighted by Crippen LogP contribution is 2.31. The summed E-state index contributed by atoms with van der Waals surface area (Å²) in [6, 6.07) is 15.3. The van der Waals surface area contributed by atoms with Crippen molar-refractivity contribution in [1.29, 1.82) is 0 Å². The van der Waals surface area contributed by atoms with Crippen molar-refractivity contribution in [3.05, 3.63) is 75.0 Å². The van der Waals surface area contributed by atoms with Gasteiger partial charge < -0.3 is 14.5 Å². The van der Waals surface area contributed by atoms with Crippen LogP contribution < -0.4 is 10.9 Å². The second-order valence-corrected chi connectivity index (χ2v) is 5.95. The first-order valence-electron chi connectivity index (χ1n) is 7.77. The number of phenols is 1. The molecule has 2 N–H and O–H groups in total. The molecule has 0 amide bonds. The Kier molecular flexibility index (Phi) is 2.60. The smallest absolute Gasteiger partial charge is 0.198 e. The largest absolute Gasteiger partial charge is 0.507 e. The molecular formula is C20H11NO4. The monoisotopic (exact) mass is 329 g/mol. The summed E-state index contributed by atoms with van der Waals surface area (Å²) in [6.07, 6.45) is 0. The molecule has 0 saturated carbocycles. The Morgan fingerprint density at radius 2 is 1.44 bits per heavy atom. The number of fused-ring (bicyclic) bond motifs is 5. The van der Waals surface area contributed by atoms with Crippen LogP contribution in [0.3, 0.4) is 0 Å². The van der Waals surface area contributed by atoms with Crippen molar-refractivity contribution < 1.29 is 9.52 Å². The van der Waals surface area contributed by atoms with E-state index >= 15 is 0 Å². The van der Waals surface area contributed by atoms with E-state index in [9.17, 15) is 14.7 Å². The first-order chi connectivity index (χ1) is 12.1. The minimum atomic E-state index is -0.369. The quantitative estimate of drug-likeness (QED) is 0.335. The van der Waals surface area contributed by atoms with Gasteiger partial charge in [0.05, 0.1) is 21.8 Å². The number of aromatic hydroxyl groups is 1. The molecule has 0 bridgehead atoms. The second-order valence-electron chi connectivity index (χ2n) is 5.95. The van der Waals surface area contributed by atoms with Crippen molar-refractivity contribution in [2.24, 2.45) is 0 Å². The van der Waals surface area contributed by atoms with Crippen molar-refractivity contribution in [2.45, 2.75) is 0 Å². The highest BCUT2D eigenvalue weighted by molar-refractivity contribution is 6.12. The molecule has 0 atom stereocenters. The van der Waals surface area contributed by atoms with Gasteiger partial charge in [0.15, 0.2) is 22.0 Å². The van der Waals surface area contributed by atoms with Gasteiger partial charge in [0.2, 0.25) is 0 Å². The topological polar surface area (TPSA) is 83.3 Å². The normalized spacial score (nSPS) is 11.7. The Labute approximate surface area is 139 Å². The molecule has 0 aliphatic heterocycles. The molecule has 5 rings (SSSR count). The van der Waals surface area contributed by atoms with Gasteiger partial charge in [-0.1, -0.05) is 36.4 Å². The van der Waals surface area contributed by atoms with E-state index in [0.29, 0.717) is 33.0 Å². The zero-order valence-electron chi connectivity index (χ0n) is 12.9. The lowest BCUT2D eigenvalue weighted by Gasteiger charge is -2.08. The third-order valence-electron chi connectivity index (χ3n) is 4.51. The lowest BCUT2D eigenvalue weighted by Crippen LogP contribution is -2.13. The van der Waals surface area contributed by atoms with Crippen LogP contribution in [-0.4, -0.2) is 10.1 Å². The molecule has 0 fully saturated rings. The van der Waals surface area contributed by atoms with Crippen LogP contribution in [0.25, 0.3) is 43.7 Å². The molecule has 1 aromatic heterocycles. The first kappa shape index (κ1) is 13.8. The fourth-order valence-corrected chi connectivity index (χ4v) is 3.37. The lowest BCUT2D eigenvalue weighted by atomic mass is 10.0. The van der Waals surface area contributed by atoms with E-state index in [2.05, 4.69) is 4.98 Å².